The molecule has 1 fully saturated rings. The van der Waals surface area contributed by atoms with Crippen LogP contribution in [0, 0.1) is 0 Å². The van der Waals surface area contributed by atoms with E-state index in [1.807, 2.05) is 6.92 Å². The summed E-state index contributed by atoms with van der Waals surface area (Å²) in [5.74, 6) is 0. The minimum atomic E-state index is -2.36. The maximum absolute atomic E-state index is 11.1. The molecule has 0 radical (unpaired) electrons. The summed E-state index contributed by atoms with van der Waals surface area (Å²) in [5, 5.41) is 0. The summed E-state index contributed by atoms with van der Waals surface area (Å²) >= 11 is 0. The zero-order chi connectivity index (χ0) is 7.61. The van der Waals surface area contributed by atoms with Crippen molar-refractivity contribution in [2.45, 2.75) is 19.4 Å². The maximum Gasteiger partial charge on any atom is 0.225 e. The lowest BCUT2D eigenvalue weighted by molar-refractivity contribution is 0.0126. The molecule has 0 bridgehead atoms. The predicted octanol–water partition coefficient (Wildman–Crippen LogP) is 1.68. The zero-order valence-electron chi connectivity index (χ0n) is 6.37. The number of ether oxygens (including phenoxy) is 1. The van der Waals surface area contributed by atoms with Gasteiger partial charge in [0.15, 0.2) is 0 Å². The predicted molar refractivity (Wildman–Crippen MR) is 39.5 cm³/mol. The van der Waals surface area contributed by atoms with Crippen molar-refractivity contribution < 1.29 is 13.8 Å². The molecule has 60 valence electrons. The van der Waals surface area contributed by atoms with Crippen molar-refractivity contribution in [1.29, 1.82) is 0 Å². The van der Waals surface area contributed by atoms with E-state index in [1.54, 1.807) is 6.66 Å². The third-order valence-electron chi connectivity index (χ3n) is 1.53. The van der Waals surface area contributed by atoms with Gasteiger partial charge >= 0.3 is 0 Å². The van der Waals surface area contributed by atoms with Gasteiger partial charge in [-0.2, -0.15) is 0 Å². The second-order valence-electron chi connectivity index (χ2n) is 2.64. The van der Waals surface area contributed by atoms with Crippen LogP contribution in [-0.2, 0) is 13.8 Å². The van der Waals surface area contributed by atoms with Gasteiger partial charge in [0.25, 0.3) is 0 Å². The smallest absolute Gasteiger partial charge is 0.225 e. The van der Waals surface area contributed by atoms with Crippen LogP contribution in [0.3, 0.4) is 0 Å². The van der Waals surface area contributed by atoms with Gasteiger partial charge in [-0.3, -0.25) is 4.57 Å². The van der Waals surface area contributed by atoms with Crippen LogP contribution in [0.1, 0.15) is 13.3 Å². The lowest BCUT2D eigenvalue weighted by Crippen LogP contribution is -2.24. The van der Waals surface area contributed by atoms with Gasteiger partial charge in [-0.25, -0.2) is 0 Å². The monoisotopic (exact) mass is 164 g/mol. The molecule has 1 aliphatic rings. The second-order valence-corrected chi connectivity index (χ2v) is 5.18. The third kappa shape index (κ3) is 2.08. The van der Waals surface area contributed by atoms with Crippen LogP contribution >= 0.6 is 7.37 Å². The molecule has 10 heavy (non-hydrogen) atoms. The Morgan fingerprint density at radius 1 is 1.70 bits per heavy atom. The van der Waals surface area contributed by atoms with Gasteiger partial charge in [-0.05, 0) is 6.42 Å². The Balaban J connectivity index is 2.38. The van der Waals surface area contributed by atoms with Crippen LogP contribution < -0.4 is 0 Å². The molecule has 0 aromatic heterocycles. The average Bonchev–Trinajstić information content (AvgIpc) is 1.88. The van der Waals surface area contributed by atoms with Crippen molar-refractivity contribution in [3.8, 4) is 0 Å². The zero-order valence-corrected chi connectivity index (χ0v) is 7.27. The largest absolute Gasteiger partial charge is 0.366 e. The molecule has 4 heteroatoms. The van der Waals surface area contributed by atoms with E-state index >= 15 is 0 Å². The first kappa shape index (κ1) is 8.25. The summed E-state index contributed by atoms with van der Waals surface area (Å²) in [6.45, 7) is 4.13. The van der Waals surface area contributed by atoms with Crippen molar-refractivity contribution in [2.75, 3.05) is 19.6 Å². The van der Waals surface area contributed by atoms with Crippen molar-refractivity contribution >= 4 is 7.37 Å². The molecule has 0 amide bonds. The van der Waals surface area contributed by atoms with Crippen molar-refractivity contribution in [3.63, 3.8) is 0 Å². The summed E-state index contributed by atoms with van der Waals surface area (Å²) in [4.78, 5) is 0. The van der Waals surface area contributed by atoms with Crippen LogP contribution in [0.4, 0.5) is 0 Å². The van der Waals surface area contributed by atoms with Crippen LogP contribution in [0.5, 0.6) is 0 Å². The Labute approximate surface area is 61.2 Å². The SMILES string of the molecule is CCC1COP(C)(=O)CO1. The molecule has 1 rings (SSSR count). The fourth-order valence-corrected chi connectivity index (χ4v) is 1.84. The summed E-state index contributed by atoms with van der Waals surface area (Å²) in [6, 6.07) is 0. The van der Waals surface area contributed by atoms with Crippen molar-refractivity contribution in [2.24, 2.45) is 0 Å². The summed E-state index contributed by atoms with van der Waals surface area (Å²) in [7, 11) is -2.36. The highest BCUT2D eigenvalue weighted by Gasteiger charge is 2.25. The fraction of sp³-hybridized carbons (Fsp3) is 1.00. The Bertz CT molecular complexity index is 145. The average molecular weight is 164 g/mol. The Hall–Kier alpha value is 0.150. The van der Waals surface area contributed by atoms with E-state index < -0.39 is 7.37 Å². The highest BCUT2D eigenvalue weighted by atomic mass is 31.2. The Morgan fingerprint density at radius 2 is 2.40 bits per heavy atom. The van der Waals surface area contributed by atoms with Gasteiger partial charge in [0.1, 0.15) is 6.35 Å². The van der Waals surface area contributed by atoms with Crippen LogP contribution in [0.25, 0.3) is 0 Å². The first-order valence-corrected chi connectivity index (χ1v) is 5.72. The lowest BCUT2D eigenvalue weighted by atomic mass is 10.3. The normalized spacial score (nSPS) is 41.6. The first-order chi connectivity index (χ1) is 4.64. The Kier molecular flexibility index (Phi) is 2.50. The molecule has 0 aromatic carbocycles. The molecule has 0 spiro atoms. The molecule has 2 unspecified atom stereocenters. The molecule has 0 aromatic rings. The molecule has 1 saturated heterocycles. The summed E-state index contributed by atoms with van der Waals surface area (Å²) in [6.07, 6.45) is 1.37. The van der Waals surface area contributed by atoms with E-state index in [1.165, 1.54) is 0 Å². The topological polar surface area (TPSA) is 35.5 Å². The quantitative estimate of drug-likeness (QED) is 0.553. The number of hydrogen-bond acceptors (Lipinski definition) is 3. The van der Waals surface area contributed by atoms with Gasteiger partial charge in [0.2, 0.25) is 7.37 Å². The highest BCUT2D eigenvalue weighted by molar-refractivity contribution is 7.58. The van der Waals surface area contributed by atoms with Gasteiger partial charge in [0.05, 0.1) is 12.7 Å². The summed E-state index contributed by atoms with van der Waals surface area (Å²) < 4.78 is 21.5. The molecular weight excluding hydrogens is 151 g/mol. The summed E-state index contributed by atoms with van der Waals surface area (Å²) in [5.41, 5.74) is 0. The molecule has 3 nitrogen and oxygen atoms in total. The second kappa shape index (κ2) is 3.04. The molecular formula is C6H13O3P. The van der Waals surface area contributed by atoms with Gasteiger partial charge < -0.3 is 9.26 Å². The Morgan fingerprint density at radius 3 is 2.80 bits per heavy atom. The van der Waals surface area contributed by atoms with E-state index in [9.17, 15) is 4.57 Å². The molecule has 1 heterocycles. The molecule has 0 N–H and O–H groups in total. The van der Waals surface area contributed by atoms with E-state index in [-0.39, 0.29) is 12.5 Å². The maximum atomic E-state index is 11.1. The van der Waals surface area contributed by atoms with Crippen LogP contribution in [0.2, 0.25) is 0 Å². The van der Waals surface area contributed by atoms with Gasteiger partial charge in [-0.1, -0.05) is 6.92 Å². The molecule has 0 aliphatic carbocycles. The lowest BCUT2D eigenvalue weighted by Gasteiger charge is -2.26. The first-order valence-electron chi connectivity index (χ1n) is 3.47. The minimum absolute atomic E-state index is 0.155. The number of rotatable bonds is 1. The van der Waals surface area contributed by atoms with E-state index in [4.69, 9.17) is 9.26 Å². The van der Waals surface area contributed by atoms with Crippen molar-refractivity contribution in [3.05, 3.63) is 0 Å². The van der Waals surface area contributed by atoms with E-state index in [2.05, 4.69) is 0 Å². The van der Waals surface area contributed by atoms with Gasteiger partial charge in [0, 0.05) is 6.66 Å². The standard InChI is InChI=1S/C6H13O3P/c1-3-6-4-9-10(2,7)5-8-6/h6H,3-5H2,1-2H3. The fourth-order valence-electron chi connectivity index (χ4n) is 0.803. The van der Waals surface area contributed by atoms with Crippen molar-refractivity contribution in [1.82, 2.24) is 0 Å². The third-order valence-corrected chi connectivity index (χ3v) is 2.85. The highest BCUT2D eigenvalue weighted by Crippen LogP contribution is 2.45. The number of hydrogen-bond donors (Lipinski definition) is 0. The van der Waals surface area contributed by atoms with Crippen LogP contribution in [0.15, 0.2) is 0 Å². The molecule has 2 atom stereocenters. The van der Waals surface area contributed by atoms with E-state index in [0.717, 1.165) is 6.42 Å². The molecule has 0 saturated carbocycles. The van der Waals surface area contributed by atoms with Crippen LogP contribution in [-0.4, -0.2) is 25.7 Å². The molecule has 1 aliphatic heterocycles. The van der Waals surface area contributed by atoms with E-state index in [0.29, 0.717) is 6.61 Å². The minimum Gasteiger partial charge on any atom is -0.366 e. The van der Waals surface area contributed by atoms with Gasteiger partial charge in [-0.15, -0.1) is 0 Å².